The van der Waals surface area contributed by atoms with Gasteiger partial charge in [0.25, 0.3) is 0 Å². The van der Waals surface area contributed by atoms with Gasteiger partial charge in [-0.3, -0.25) is 0 Å². The molecule has 1 aromatic rings. The Morgan fingerprint density at radius 1 is 1.47 bits per heavy atom. The van der Waals surface area contributed by atoms with Crippen molar-refractivity contribution >= 4 is 21.6 Å². The molecule has 106 valence electrons. The summed E-state index contributed by atoms with van der Waals surface area (Å²) in [7, 11) is -0.569. The minimum atomic E-state index is -3.60. The number of hydrogen-bond donors (Lipinski definition) is 1. The molecule has 0 amide bonds. The molecule has 19 heavy (non-hydrogen) atoms. The van der Waals surface area contributed by atoms with Crippen LogP contribution in [0.25, 0.3) is 0 Å². The molecule has 0 radical (unpaired) electrons. The van der Waals surface area contributed by atoms with Crippen molar-refractivity contribution in [3.63, 3.8) is 0 Å². The summed E-state index contributed by atoms with van der Waals surface area (Å²) in [5.74, 6) is 0.308. The lowest BCUT2D eigenvalue weighted by molar-refractivity contribution is 0.376. The maximum Gasteiger partial charge on any atom is 0.246 e. The van der Waals surface area contributed by atoms with E-state index in [9.17, 15) is 8.42 Å². The van der Waals surface area contributed by atoms with Gasteiger partial charge in [-0.25, -0.2) is 8.42 Å². The van der Waals surface area contributed by atoms with Crippen molar-refractivity contribution in [3.8, 4) is 5.75 Å². The molecular weight excluding hydrogens is 288 g/mol. The Labute approximate surface area is 118 Å². The van der Waals surface area contributed by atoms with Crippen molar-refractivity contribution in [2.24, 2.45) is 0 Å². The van der Waals surface area contributed by atoms with E-state index < -0.39 is 10.0 Å². The molecule has 0 aliphatic carbocycles. The Bertz CT molecular complexity index is 556. The van der Waals surface area contributed by atoms with E-state index >= 15 is 0 Å². The molecule has 1 unspecified atom stereocenters. The Balaban J connectivity index is 2.40. The van der Waals surface area contributed by atoms with Gasteiger partial charge in [-0.1, -0.05) is 11.6 Å². The van der Waals surface area contributed by atoms with Crippen molar-refractivity contribution in [2.75, 3.05) is 27.2 Å². The van der Waals surface area contributed by atoms with Crippen LogP contribution in [0, 0.1) is 0 Å². The molecule has 0 aromatic heterocycles. The van der Waals surface area contributed by atoms with Gasteiger partial charge in [0.05, 0.1) is 7.11 Å². The summed E-state index contributed by atoms with van der Waals surface area (Å²) in [5.41, 5.74) is 0. The van der Waals surface area contributed by atoms with Crippen molar-refractivity contribution in [1.29, 1.82) is 0 Å². The number of methoxy groups -OCH3 is 1. The van der Waals surface area contributed by atoms with Crippen molar-refractivity contribution < 1.29 is 13.2 Å². The van der Waals surface area contributed by atoms with Gasteiger partial charge in [0.2, 0.25) is 10.0 Å². The molecule has 1 aromatic carbocycles. The van der Waals surface area contributed by atoms with E-state index in [0.717, 1.165) is 13.0 Å². The standard InChI is InChI=1S/C12H17ClN2O3S/c1-15(10-5-6-14-8-10)19(16,17)12-7-9(13)3-4-11(12)18-2/h3-4,7,10,14H,5-6,8H2,1-2H3. The Morgan fingerprint density at radius 3 is 2.79 bits per heavy atom. The van der Waals surface area contributed by atoms with E-state index in [1.165, 1.54) is 17.5 Å². The zero-order valence-corrected chi connectivity index (χ0v) is 12.5. The summed E-state index contributed by atoms with van der Waals surface area (Å²) in [4.78, 5) is 0.108. The predicted octanol–water partition coefficient (Wildman–Crippen LogP) is 1.33. The van der Waals surface area contributed by atoms with Crippen LogP contribution < -0.4 is 10.1 Å². The first-order chi connectivity index (χ1) is 8.96. The van der Waals surface area contributed by atoms with Crippen LogP contribution in [0.3, 0.4) is 0 Å². The van der Waals surface area contributed by atoms with Crippen LogP contribution >= 0.6 is 11.6 Å². The average molecular weight is 305 g/mol. The minimum Gasteiger partial charge on any atom is -0.495 e. The van der Waals surface area contributed by atoms with E-state index in [0.29, 0.717) is 17.3 Å². The Morgan fingerprint density at radius 2 is 2.21 bits per heavy atom. The third-order valence-electron chi connectivity index (χ3n) is 3.33. The number of halogens is 1. The molecule has 0 saturated carbocycles. The third kappa shape index (κ3) is 2.86. The molecule has 1 heterocycles. The molecule has 1 aliphatic rings. The monoisotopic (exact) mass is 304 g/mol. The molecule has 0 bridgehead atoms. The fourth-order valence-corrected chi connectivity index (χ4v) is 3.95. The van der Waals surface area contributed by atoms with Gasteiger partial charge < -0.3 is 10.1 Å². The lowest BCUT2D eigenvalue weighted by Gasteiger charge is -2.24. The predicted molar refractivity (Wildman–Crippen MR) is 74.2 cm³/mol. The molecular formula is C12H17ClN2O3S. The van der Waals surface area contributed by atoms with Crippen LogP contribution in [0.2, 0.25) is 5.02 Å². The van der Waals surface area contributed by atoms with Crippen LogP contribution in [0.1, 0.15) is 6.42 Å². The number of rotatable bonds is 4. The van der Waals surface area contributed by atoms with Crippen LogP contribution in [0.15, 0.2) is 23.1 Å². The third-order valence-corrected chi connectivity index (χ3v) is 5.50. The van der Waals surface area contributed by atoms with Gasteiger partial charge in [0, 0.05) is 24.7 Å². The average Bonchev–Trinajstić information content (AvgIpc) is 2.91. The molecule has 1 aliphatic heterocycles. The summed E-state index contributed by atoms with van der Waals surface area (Å²) < 4.78 is 31.7. The first kappa shape index (κ1) is 14.6. The summed E-state index contributed by atoms with van der Waals surface area (Å²) in [6.07, 6.45) is 0.804. The molecule has 1 N–H and O–H groups in total. The molecule has 7 heteroatoms. The highest BCUT2D eigenvalue weighted by molar-refractivity contribution is 7.89. The van der Waals surface area contributed by atoms with Crippen molar-refractivity contribution in [1.82, 2.24) is 9.62 Å². The maximum absolute atomic E-state index is 12.6. The van der Waals surface area contributed by atoms with Crippen LogP contribution in [-0.2, 0) is 10.0 Å². The lowest BCUT2D eigenvalue weighted by Crippen LogP contribution is -2.38. The molecule has 1 atom stereocenters. The normalized spacial score (nSPS) is 19.9. The number of ether oxygens (including phenoxy) is 1. The second-order valence-electron chi connectivity index (χ2n) is 4.46. The highest BCUT2D eigenvalue weighted by Gasteiger charge is 2.32. The Kier molecular flexibility index (Phi) is 4.35. The van der Waals surface area contributed by atoms with Crippen molar-refractivity contribution in [3.05, 3.63) is 23.2 Å². The van der Waals surface area contributed by atoms with Gasteiger partial charge in [-0.2, -0.15) is 4.31 Å². The second kappa shape index (κ2) is 5.66. The molecule has 5 nitrogen and oxygen atoms in total. The summed E-state index contributed by atoms with van der Waals surface area (Å²) in [6, 6.07) is 4.56. The van der Waals surface area contributed by atoms with Crippen LogP contribution in [-0.4, -0.2) is 46.0 Å². The first-order valence-corrected chi connectivity index (χ1v) is 7.81. The fourth-order valence-electron chi connectivity index (χ4n) is 2.15. The van der Waals surface area contributed by atoms with Gasteiger partial charge in [-0.05, 0) is 31.2 Å². The van der Waals surface area contributed by atoms with E-state index in [-0.39, 0.29) is 10.9 Å². The number of sulfonamides is 1. The number of nitrogens with zero attached hydrogens (tertiary/aromatic N) is 1. The zero-order valence-electron chi connectivity index (χ0n) is 10.9. The quantitative estimate of drug-likeness (QED) is 0.912. The smallest absolute Gasteiger partial charge is 0.246 e. The molecule has 1 saturated heterocycles. The van der Waals surface area contributed by atoms with E-state index in [2.05, 4.69) is 5.32 Å². The second-order valence-corrected chi connectivity index (χ2v) is 6.87. The van der Waals surface area contributed by atoms with Gasteiger partial charge in [-0.15, -0.1) is 0 Å². The zero-order chi connectivity index (χ0) is 14.0. The van der Waals surface area contributed by atoms with Gasteiger partial charge in [0.1, 0.15) is 10.6 Å². The Hall–Kier alpha value is -0.820. The largest absolute Gasteiger partial charge is 0.495 e. The highest BCUT2D eigenvalue weighted by atomic mass is 35.5. The van der Waals surface area contributed by atoms with E-state index in [1.54, 1.807) is 19.2 Å². The van der Waals surface area contributed by atoms with Gasteiger partial charge in [0.15, 0.2) is 0 Å². The fraction of sp³-hybridized carbons (Fsp3) is 0.500. The SMILES string of the molecule is COc1ccc(Cl)cc1S(=O)(=O)N(C)C1CCNC1. The van der Waals surface area contributed by atoms with Crippen LogP contribution in [0.5, 0.6) is 5.75 Å². The molecule has 2 rings (SSSR count). The lowest BCUT2D eigenvalue weighted by atomic mass is 10.3. The highest BCUT2D eigenvalue weighted by Crippen LogP contribution is 2.30. The number of nitrogens with one attached hydrogen (secondary N) is 1. The maximum atomic E-state index is 12.6. The summed E-state index contributed by atoms with van der Waals surface area (Å²) in [6.45, 7) is 1.50. The number of benzene rings is 1. The summed E-state index contributed by atoms with van der Waals surface area (Å²) in [5, 5.41) is 3.53. The van der Waals surface area contributed by atoms with Gasteiger partial charge >= 0.3 is 0 Å². The molecule has 1 fully saturated rings. The number of hydrogen-bond acceptors (Lipinski definition) is 4. The number of likely N-dealkylation sites (N-methyl/N-ethyl adjacent to an activating group) is 1. The first-order valence-electron chi connectivity index (χ1n) is 5.99. The van der Waals surface area contributed by atoms with E-state index in [4.69, 9.17) is 16.3 Å². The van der Waals surface area contributed by atoms with Crippen molar-refractivity contribution in [2.45, 2.75) is 17.4 Å². The van der Waals surface area contributed by atoms with E-state index in [1.807, 2.05) is 0 Å². The topological polar surface area (TPSA) is 58.6 Å². The summed E-state index contributed by atoms with van der Waals surface area (Å²) >= 11 is 5.89. The van der Waals surface area contributed by atoms with Crippen LogP contribution in [0.4, 0.5) is 0 Å². The minimum absolute atomic E-state index is 0.0336. The molecule has 0 spiro atoms.